The summed E-state index contributed by atoms with van der Waals surface area (Å²) in [7, 11) is 0. The lowest BCUT2D eigenvalue weighted by atomic mass is 31.0. The molecule has 0 aliphatic rings. The third-order valence-electron chi connectivity index (χ3n) is 0. The predicted octanol–water partition coefficient (Wildman–Crippen LogP) is 2.88. The van der Waals surface area contributed by atoms with E-state index >= 15 is 0 Å². The van der Waals surface area contributed by atoms with Gasteiger partial charge >= 0.3 is 0 Å². The van der Waals surface area contributed by atoms with Gasteiger partial charge in [0.1, 0.15) is 0 Å². The van der Waals surface area contributed by atoms with Gasteiger partial charge in [0.25, 0.3) is 0 Å². The van der Waals surface area contributed by atoms with Gasteiger partial charge in [0, 0.05) is 0 Å². The Morgan fingerprint density at radius 3 is 0.167 bits per heavy atom. The molecule has 0 aromatic carbocycles. The second-order valence-electron chi connectivity index (χ2n) is 0. The van der Waals surface area contributed by atoms with E-state index in [9.17, 15) is 0 Å². The number of rotatable bonds is 0. The smallest absolute Gasteiger partial charge is 0.147 e. The highest BCUT2D eigenvalue weighted by molar-refractivity contribution is 6.93. The molecule has 0 fully saturated rings. The summed E-state index contributed by atoms with van der Waals surface area (Å²) in [6.45, 7) is 0. The van der Waals surface area contributed by atoms with E-state index in [1.807, 2.05) is 0 Å². The fraction of sp³-hybridized carbons (Fsp3) is 0. The molecule has 0 saturated heterocycles. The van der Waals surface area contributed by atoms with Crippen LogP contribution in [0.15, 0.2) is 0 Å². The van der Waals surface area contributed by atoms with E-state index in [0.29, 0.717) is 0 Å². The van der Waals surface area contributed by atoms with Crippen LogP contribution in [-0.2, 0) is 0 Å². The normalized spacial score (nSPS) is 0. The molecule has 96 valence electrons. The van der Waals surface area contributed by atoms with Gasteiger partial charge in [-0.1, -0.05) is 0 Å². The van der Waals surface area contributed by atoms with Crippen LogP contribution in [-0.4, -0.2) is 0 Å². The maximum atomic E-state index is 0. The molecule has 6 unspecified atom stereocenters. The van der Waals surface area contributed by atoms with Gasteiger partial charge in [0.15, 0.2) is 0 Å². The Bertz CT molecular complexity index is 12.0. The monoisotopic (exact) mass is 420 g/mol. The average Bonchev–Trinajstić information content (AvgIpc) is 0. The summed E-state index contributed by atoms with van der Waals surface area (Å²) in [4.78, 5) is 0. The van der Waals surface area contributed by atoms with Crippen molar-refractivity contribution in [1.29, 1.82) is 0 Å². The summed E-state index contributed by atoms with van der Waals surface area (Å²) < 4.78 is 0. The summed E-state index contributed by atoms with van der Waals surface area (Å²) in [5.41, 5.74) is 0. The molecule has 0 spiro atoms. The summed E-state index contributed by atoms with van der Waals surface area (Å²) in [6.07, 6.45) is 0. The molecule has 0 bridgehead atoms. The van der Waals surface area contributed by atoms with Crippen LogP contribution in [0.2, 0.25) is 0 Å². The fourth-order valence-electron chi connectivity index (χ4n) is 0. The first-order valence-corrected chi connectivity index (χ1v) is 0. The van der Waals surface area contributed by atoms with Gasteiger partial charge < -0.3 is 0 Å². The highest BCUT2D eigenvalue weighted by Gasteiger charge is -0.138. The van der Waals surface area contributed by atoms with Crippen molar-refractivity contribution in [2.75, 3.05) is 0 Å². The Hall–Kier alpha value is 4.32. The third kappa shape index (κ3) is 136. The predicted molar refractivity (Wildman–Crippen MR) is 110 cm³/mol. The zero-order chi connectivity index (χ0) is 0. The van der Waals surface area contributed by atoms with E-state index < -0.39 is 0 Å². The van der Waals surface area contributed by atoms with E-state index in [1.54, 1.807) is 0 Å². The summed E-state index contributed by atoms with van der Waals surface area (Å²) >= 11 is 0. The Morgan fingerprint density at radius 2 is 0.167 bits per heavy atom. The maximum Gasteiger partial charge on any atom is -0.147 e. The van der Waals surface area contributed by atoms with E-state index in [0.717, 1.165) is 0 Å². The van der Waals surface area contributed by atoms with E-state index in [-0.39, 0.29) is 134 Å². The molecule has 6 atom stereocenters. The lowest BCUT2D eigenvalue weighted by molar-refractivity contribution is 5.85. The lowest BCUT2D eigenvalue weighted by Gasteiger charge is -0.154. The lowest BCUT2D eigenvalue weighted by Crippen LogP contribution is 0.689. The van der Waals surface area contributed by atoms with Gasteiger partial charge in [-0.2, -0.15) is 59.4 Å². The van der Waals surface area contributed by atoms with E-state index in [4.69, 9.17) is 0 Å². The molecule has 12 heteroatoms. The molecule has 0 N–H and O–H groups in total. The van der Waals surface area contributed by atoms with Crippen molar-refractivity contribution in [3.63, 3.8) is 0 Å². The fourth-order valence-corrected chi connectivity index (χ4v) is 0. The quantitative estimate of drug-likeness (QED) is 0.527. The minimum atomic E-state index is 0. The molecule has 0 rings (SSSR count). The second kappa shape index (κ2) is 168. The van der Waals surface area contributed by atoms with E-state index in [1.165, 1.54) is 0 Å². The Kier molecular flexibility index (Phi) is 2880. The largest absolute Gasteiger partial charge is 0.153 e. The minimum Gasteiger partial charge on any atom is -0.153 e. The molecule has 0 amide bonds. The van der Waals surface area contributed by atoms with Gasteiger partial charge in [-0.3, -0.25) is 0 Å². The van der Waals surface area contributed by atoms with Crippen LogP contribution in [0.25, 0.3) is 0 Å². The molecule has 12 heavy (non-hydrogen) atoms. The molecule has 0 aliphatic heterocycles. The van der Waals surface area contributed by atoms with Crippen molar-refractivity contribution in [3.05, 3.63) is 0 Å². The van der Waals surface area contributed by atoms with Gasteiger partial charge in [-0.15, -0.1) is 74.4 Å². The summed E-state index contributed by atoms with van der Waals surface area (Å²) in [5, 5.41) is 0. The van der Waals surface area contributed by atoms with Crippen LogP contribution < -0.4 is 0 Å². The molecule has 0 radical (unpaired) electrons. The van der Waals surface area contributed by atoms with E-state index in [2.05, 4.69) is 0 Å². The topological polar surface area (TPSA) is 0 Å². The molecule has 0 aliphatic carbocycles. The van der Waals surface area contributed by atoms with Crippen LogP contribution in [0.1, 0.15) is 0 Å². The first-order chi connectivity index (χ1) is 0. The van der Waals surface area contributed by atoms with Crippen molar-refractivity contribution in [3.8, 4) is 0 Å². The SMILES string of the molecule is Cl.Cl.Cl.Cl.Cl.Cl.P.P.P.P.P.P. The van der Waals surface area contributed by atoms with Gasteiger partial charge in [0.2, 0.25) is 0 Å². The average molecular weight is 423 g/mol. The zero-order valence-electron chi connectivity index (χ0n) is 6.69. The summed E-state index contributed by atoms with van der Waals surface area (Å²) in [6, 6.07) is 0. The molecule has 0 nitrogen and oxygen atoms in total. The Labute approximate surface area is 133 Å². The summed E-state index contributed by atoms with van der Waals surface area (Å²) in [5.74, 6) is 0. The number of hydrogen-bond donors (Lipinski definition) is 0. The van der Waals surface area contributed by atoms with Crippen LogP contribution in [0, 0.1) is 0 Å². The molecular formula is H24Cl6P6. The molecule has 0 heterocycles. The first-order valence-electron chi connectivity index (χ1n) is 0. The Morgan fingerprint density at radius 1 is 0.167 bits per heavy atom. The third-order valence-corrected chi connectivity index (χ3v) is 0. The maximum absolute atomic E-state index is 0. The Balaban J connectivity index is 0. The molecule has 0 saturated carbocycles. The highest BCUT2D eigenvalue weighted by Crippen LogP contribution is 0.866. The zero-order valence-corrected chi connectivity index (χ0v) is 20.1. The van der Waals surface area contributed by atoms with Gasteiger partial charge in [-0.25, -0.2) is 0 Å². The molecular weight excluding hydrogens is 399 g/mol. The standard InChI is InChI=1S/6ClH.6H3P/h6*1H;6*1H3. The second-order valence-corrected chi connectivity index (χ2v) is 0. The van der Waals surface area contributed by atoms with Crippen molar-refractivity contribution >= 4 is 134 Å². The van der Waals surface area contributed by atoms with Crippen LogP contribution in [0.4, 0.5) is 0 Å². The van der Waals surface area contributed by atoms with Crippen molar-refractivity contribution in [2.24, 2.45) is 0 Å². The van der Waals surface area contributed by atoms with Gasteiger partial charge in [0.05, 0.1) is 0 Å². The number of halogens is 6. The highest BCUT2D eigenvalue weighted by atomic mass is 35.5. The van der Waals surface area contributed by atoms with Crippen LogP contribution in [0.5, 0.6) is 0 Å². The van der Waals surface area contributed by atoms with Crippen LogP contribution >= 0.6 is 134 Å². The van der Waals surface area contributed by atoms with Gasteiger partial charge in [-0.05, 0) is 0 Å². The van der Waals surface area contributed by atoms with Crippen molar-refractivity contribution < 1.29 is 0 Å². The van der Waals surface area contributed by atoms with Crippen molar-refractivity contribution in [1.82, 2.24) is 0 Å². The molecule has 0 aromatic heterocycles. The first kappa shape index (κ1) is 205. The molecule has 0 aromatic rings. The van der Waals surface area contributed by atoms with Crippen molar-refractivity contribution in [2.45, 2.75) is 0 Å². The minimum absolute atomic E-state index is 0. The van der Waals surface area contributed by atoms with Crippen LogP contribution in [0.3, 0.4) is 0 Å². The number of hydrogen-bond acceptors (Lipinski definition) is 0.